The molecule has 3 aliphatic rings. The van der Waals surface area contributed by atoms with Crippen molar-refractivity contribution in [2.45, 2.75) is 63.8 Å². The van der Waals surface area contributed by atoms with E-state index in [1.165, 1.54) is 0 Å². The van der Waals surface area contributed by atoms with E-state index in [-0.39, 0.29) is 23.7 Å². The fourth-order valence-electron chi connectivity index (χ4n) is 4.85. The van der Waals surface area contributed by atoms with Crippen molar-refractivity contribution in [3.63, 3.8) is 0 Å². The maximum Gasteiger partial charge on any atom is 0.309 e. The zero-order valence-corrected chi connectivity index (χ0v) is 11.9. The number of hydrogen-bond acceptors (Lipinski definition) is 4. The summed E-state index contributed by atoms with van der Waals surface area (Å²) in [5.41, 5.74) is -2.01. The van der Waals surface area contributed by atoms with Crippen molar-refractivity contribution < 1.29 is 19.7 Å². The van der Waals surface area contributed by atoms with Crippen LogP contribution in [0.25, 0.3) is 0 Å². The molecular formula is C15H24O4. The minimum atomic E-state index is -1.16. The molecule has 1 spiro atoms. The lowest BCUT2D eigenvalue weighted by molar-refractivity contribution is -0.248. The van der Waals surface area contributed by atoms with Crippen molar-refractivity contribution in [3.05, 3.63) is 0 Å². The highest BCUT2D eigenvalue weighted by molar-refractivity contribution is 5.76. The Labute approximate surface area is 114 Å². The quantitative estimate of drug-likeness (QED) is 0.653. The lowest BCUT2D eigenvalue weighted by Gasteiger charge is -2.56. The number of esters is 1. The highest BCUT2D eigenvalue weighted by atomic mass is 16.6. The van der Waals surface area contributed by atoms with Gasteiger partial charge in [-0.2, -0.15) is 0 Å². The number of carbonyl (C=O) groups excluding carboxylic acids is 1. The van der Waals surface area contributed by atoms with E-state index in [4.69, 9.17) is 4.74 Å². The highest BCUT2D eigenvalue weighted by Gasteiger charge is 2.68. The van der Waals surface area contributed by atoms with Gasteiger partial charge in [-0.05, 0) is 38.5 Å². The Morgan fingerprint density at radius 1 is 1.21 bits per heavy atom. The maximum absolute atomic E-state index is 12.0. The van der Waals surface area contributed by atoms with Gasteiger partial charge in [-0.1, -0.05) is 13.8 Å². The molecule has 0 unspecified atom stereocenters. The van der Waals surface area contributed by atoms with Crippen LogP contribution in [0.2, 0.25) is 0 Å². The van der Waals surface area contributed by atoms with Gasteiger partial charge < -0.3 is 14.9 Å². The predicted molar refractivity (Wildman–Crippen MR) is 69.2 cm³/mol. The first-order valence-electron chi connectivity index (χ1n) is 7.44. The maximum atomic E-state index is 12.0. The van der Waals surface area contributed by atoms with Crippen molar-refractivity contribution >= 4 is 5.97 Å². The van der Waals surface area contributed by atoms with E-state index in [1.54, 1.807) is 6.92 Å². The molecule has 0 aromatic rings. The average Bonchev–Trinajstić information content (AvgIpc) is 2.59. The molecule has 0 radical (unpaired) electrons. The number of hydrogen-bond donors (Lipinski definition) is 2. The first kappa shape index (κ1) is 13.4. The van der Waals surface area contributed by atoms with E-state index >= 15 is 0 Å². The zero-order valence-electron chi connectivity index (χ0n) is 11.9. The largest absolute Gasteiger partial charge is 0.455 e. The highest BCUT2D eigenvalue weighted by Crippen LogP contribution is 2.59. The van der Waals surface area contributed by atoms with Crippen LogP contribution in [0.3, 0.4) is 0 Å². The lowest BCUT2D eigenvalue weighted by atomic mass is 9.53. The molecule has 2 saturated carbocycles. The minimum absolute atomic E-state index is 0.0444. The van der Waals surface area contributed by atoms with Gasteiger partial charge in [0.15, 0.2) is 0 Å². The van der Waals surface area contributed by atoms with Crippen molar-refractivity contribution in [1.82, 2.24) is 0 Å². The number of ether oxygens (including phenoxy) is 1. The number of rotatable bonds is 0. The number of carbonyl (C=O) groups is 1. The Hall–Kier alpha value is -0.610. The van der Waals surface area contributed by atoms with E-state index in [0.717, 1.165) is 19.3 Å². The summed E-state index contributed by atoms with van der Waals surface area (Å²) in [4.78, 5) is 12.0. The Morgan fingerprint density at radius 2 is 1.89 bits per heavy atom. The van der Waals surface area contributed by atoms with E-state index < -0.39 is 17.3 Å². The molecule has 19 heavy (non-hydrogen) atoms. The molecule has 0 aromatic carbocycles. The van der Waals surface area contributed by atoms with Crippen LogP contribution in [-0.2, 0) is 9.53 Å². The molecule has 0 aromatic heterocycles. The fraction of sp³-hybridized carbons (Fsp3) is 0.933. The van der Waals surface area contributed by atoms with Crippen LogP contribution in [0, 0.1) is 23.7 Å². The summed E-state index contributed by atoms with van der Waals surface area (Å²) >= 11 is 0. The number of aliphatic hydroxyl groups excluding tert-OH is 1. The molecule has 108 valence electrons. The van der Waals surface area contributed by atoms with Gasteiger partial charge in [0.05, 0.1) is 11.5 Å². The minimum Gasteiger partial charge on any atom is -0.455 e. The standard InChI is InChI=1S/C15H24O4/c1-8-4-5-11-9(2)12(16)19-15(11)10(8)6-7-14(3,18)13(15)17/h8-11,13,17-18H,4-7H2,1-3H3/t8-,9-,10+,11+,13-,14-,15-/m1/s1. The molecule has 7 atom stereocenters. The molecule has 1 heterocycles. The summed E-state index contributed by atoms with van der Waals surface area (Å²) in [5.74, 6) is 0.276. The second-order valence-electron chi connectivity index (χ2n) is 7.13. The molecule has 1 aliphatic heterocycles. The predicted octanol–water partition coefficient (Wildman–Crippen LogP) is 1.49. The van der Waals surface area contributed by atoms with E-state index in [9.17, 15) is 15.0 Å². The van der Waals surface area contributed by atoms with Gasteiger partial charge in [-0.25, -0.2) is 0 Å². The van der Waals surface area contributed by atoms with E-state index in [1.807, 2.05) is 6.92 Å². The summed E-state index contributed by atoms with van der Waals surface area (Å²) in [6.45, 7) is 5.73. The third-order valence-corrected chi connectivity index (χ3v) is 6.01. The van der Waals surface area contributed by atoms with Crippen molar-refractivity contribution in [1.29, 1.82) is 0 Å². The van der Waals surface area contributed by atoms with Crippen molar-refractivity contribution in [2.75, 3.05) is 0 Å². The second kappa shape index (κ2) is 3.95. The molecule has 4 nitrogen and oxygen atoms in total. The van der Waals surface area contributed by atoms with Crippen LogP contribution in [0.4, 0.5) is 0 Å². The molecule has 3 rings (SSSR count). The normalized spacial score (nSPS) is 57.3. The van der Waals surface area contributed by atoms with Crippen molar-refractivity contribution in [3.8, 4) is 0 Å². The van der Waals surface area contributed by atoms with E-state index in [2.05, 4.69) is 6.92 Å². The van der Waals surface area contributed by atoms with Gasteiger partial charge in [0.25, 0.3) is 0 Å². The SMILES string of the molecule is C[C@@H]1CC[C@H]2[C@@H](C)C(=O)O[C@]23[C@H]1CC[C@@](C)(O)[C@H]3O. The molecule has 4 heteroatoms. The molecule has 2 aliphatic carbocycles. The van der Waals surface area contributed by atoms with Crippen LogP contribution in [0.1, 0.15) is 46.5 Å². The Morgan fingerprint density at radius 3 is 2.58 bits per heavy atom. The van der Waals surface area contributed by atoms with Crippen LogP contribution < -0.4 is 0 Å². The summed E-state index contributed by atoms with van der Waals surface area (Å²) in [6.07, 6.45) is 2.40. The van der Waals surface area contributed by atoms with Crippen LogP contribution >= 0.6 is 0 Å². The molecular weight excluding hydrogens is 244 g/mol. The summed E-state index contributed by atoms with van der Waals surface area (Å²) in [6, 6.07) is 0. The molecule has 2 N–H and O–H groups in total. The summed E-state index contributed by atoms with van der Waals surface area (Å²) in [5, 5.41) is 21.2. The fourth-order valence-corrected chi connectivity index (χ4v) is 4.85. The third kappa shape index (κ3) is 1.56. The van der Waals surface area contributed by atoms with Crippen LogP contribution in [0.5, 0.6) is 0 Å². The molecule has 1 saturated heterocycles. The second-order valence-corrected chi connectivity index (χ2v) is 7.13. The summed E-state index contributed by atoms with van der Waals surface area (Å²) < 4.78 is 5.74. The lowest BCUT2D eigenvalue weighted by Crippen LogP contribution is -2.67. The topological polar surface area (TPSA) is 66.8 Å². The van der Waals surface area contributed by atoms with E-state index in [0.29, 0.717) is 12.3 Å². The van der Waals surface area contributed by atoms with Gasteiger partial charge in [-0.15, -0.1) is 0 Å². The first-order valence-corrected chi connectivity index (χ1v) is 7.44. The van der Waals surface area contributed by atoms with Crippen LogP contribution in [0.15, 0.2) is 0 Å². The Bertz CT molecular complexity index is 401. The van der Waals surface area contributed by atoms with Gasteiger partial charge in [0, 0.05) is 11.8 Å². The van der Waals surface area contributed by atoms with Gasteiger partial charge in [-0.3, -0.25) is 4.79 Å². The van der Waals surface area contributed by atoms with Gasteiger partial charge in [0.2, 0.25) is 0 Å². The number of aliphatic hydroxyl groups is 2. The monoisotopic (exact) mass is 268 g/mol. The molecule has 0 bridgehead atoms. The van der Waals surface area contributed by atoms with Gasteiger partial charge in [0.1, 0.15) is 11.7 Å². The zero-order chi connectivity index (χ0) is 14.0. The van der Waals surface area contributed by atoms with Gasteiger partial charge >= 0.3 is 5.97 Å². The molecule has 3 fully saturated rings. The Balaban J connectivity index is 2.08. The average molecular weight is 268 g/mol. The third-order valence-electron chi connectivity index (χ3n) is 6.01. The van der Waals surface area contributed by atoms with Crippen molar-refractivity contribution in [2.24, 2.45) is 23.7 Å². The summed E-state index contributed by atoms with van der Waals surface area (Å²) in [7, 11) is 0. The van der Waals surface area contributed by atoms with Crippen LogP contribution in [-0.4, -0.2) is 33.5 Å². The smallest absolute Gasteiger partial charge is 0.309 e. The Kier molecular flexibility index (Phi) is 2.78. The first-order chi connectivity index (χ1) is 8.80. The molecule has 0 amide bonds.